The van der Waals surface area contributed by atoms with Crippen molar-refractivity contribution in [2.45, 2.75) is 17.6 Å². The number of aliphatic imine (C=N–C) groups is 1. The second kappa shape index (κ2) is 5.60. The van der Waals surface area contributed by atoms with E-state index in [9.17, 15) is 30.4 Å². The van der Waals surface area contributed by atoms with Crippen LogP contribution in [0.15, 0.2) is 34.2 Å². The Bertz CT molecular complexity index is 1010. The van der Waals surface area contributed by atoms with Gasteiger partial charge in [0, 0.05) is 17.3 Å². The van der Waals surface area contributed by atoms with Crippen molar-refractivity contribution in [3.8, 4) is 11.1 Å². The predicted octanol–water partition coefficient (Wildman–Crippen LogP) is 3.23. The lowest BCUT2D eigenvalue weighted by atomic mass is 9.93. The van der Waals surface area contributed by atoms with E-state index in [1.54, 1.807) is 0 Å². The first-order chi connectivity index (χ1) is 11.5. The predicted molar refractivity (Wildman–Crippen MR) is 79.5 cm³/mol. The maximum Gasteiger partial charge on any atom is 0.416 e. The van der Waals surface area contributed by atoms with Gasteiger partial charge in [-0.3, -0.25) is 4.99 Å². The van der Waals surface area contributed by atoms with Crippen molar-refractivity contribution < 1.29 is 30.4 Å². The van der Waals surface area contributed by atoms with Gasteiger partial charge in [-0.25, -0.2) is 22.3 Å². The zero-order valence-electron chi connectivity index (χ0n) is 12.2. The summed E-state index contributed by atoms with van der Waals surface area (Å²) >= 11 is 0. The fraction of sp³-hybridized carbons (Fsp3) is 0.133. The van der Waals surface area contributed by atoms with E-state index in [-0.39, 0.29) is 23.2 Å². The second-order valence-electron chi connectivity index (χ2n) is 5.37. The monoisotopic (exact) mass is 376 g/mol. The first-order valence-electron chi connectivity index (χ1n) is 6.74. The van der Waals surface area contributed by atoms with Crippen molar-refractivity contribution in [2.24, 2.45) is 10.1 Å². The SMILES string of the molecule is NS(=O)(=O)c1cc(F)c(-c2cc(C(F)(F)F)cc3c2C=NC3)cc1F. The first-order valence-corrected chi connectivity index (χ1v) is 8.29. The summed E-state index contributed by atoms with van der Waals surface area (Å²) in [4.78, 5) is 2.77. The average molecular weight is 376 g/mol. The highest BCUT2D eigenvalue weighted by atomic mass is 32.2. The van der Waals surface area contributed by atoms with Crippen LogP contribution in [-0.4, -0.2) is 14.6 Å². The van der Waals surface area contributed by atoms with Gasteiger partial charge in [0.15, 0.2) is 0 Å². The molecular weight excluding hydrogens is 367 g/mol. The van der Waals surface area contributed by atoms with Crippen molar-refractivity contribution >= 4 is 16.2 Å². The first kappa shape index (κ1) is 17.5. The molecule has 0 spiro atoms. The van der Waals surface area contributed by atoms with Crippen LogP contribution in [0, 0.1) is 11.6 Å². The standard InChI is InChI=1S/C15H9F5N2O2S/c16-12-4-14(25(21,23)24)13(17)3-10(12)9-2-8(15(18,19)20)1-7-5-22-6-11(7)9/h1-4,6H,5H2,(H2,21,23,24). The van der Waals surface area contributed by atoms with E-state index in [2.05, 4.69) is 4.99 Å². The molecule has 1 aliphatic heterocycles. The molecule has 1 heterocycles. The fourth-order valence-corrected chi connectivity index (χ4v) is 3.17. The summed E-state index contributed by atoms with van der Waals surface area (Å²) in [7, 11) is -4.52. The van der Waals surface area contributed by atoms with Crippen LogP contribution >= 0.6 is 0 Å². The number of hydrogen-bond donors (Lipinski definition) is 1. The van der Waals surface area contributed by atoms with Crippen LogP contribution in [0.2, 0.25) is 0 Å². The van der Waals surface area contributed by atoms with E-state index >= 15 is 0 Å². The summed E-state index contributed by atoms with van der Waals surface area (Å²) in [5.41, 5.74) is -1.36. The molecule has 1 aliphatic rings. The van der Waals surface area contributed by atoms with Crippen LogP contribution in [0.5, 0.6) is 0 Å². The van der Waals surface area contributed by atoms with Gasteiger partial charge in [0.1, 0.15) is 16.5 Å². The van der Waals surface area contributed by atoms with Crippen molar-refractivity contribution in [3.63, 3.8) is 0 Å². The number of hydrogen-bond acceptors (Lipinski definition) is 3. The van der Waals surface area contributed by atoms with Gasteiger partial charge in [-0.2, -0.15) is 13.2 Å². The quantitative estimate of drug-likeness (QED) is 0.818. The minimum Gasteiger partial charge on any atom is -0.288 e. The summed E-state index contributed by atoms with van der Waals surface area (Å²) in [6.07, 6.45) is -3.43. The van der Waals surface area contributed by atoms with Gasteiger partial charge < -0.3 is 0 Å². The highest BCUT2D eigenvalue weighted by molar-refractivity contribution is 7.89. The molecule has 25 heavy (non-hydrogen) atoms. The Morgan fingerprint density at radius 2 is 1.68 bits per heavy atom. The molecule has 0 radical (unpaired) electrons. The van der Waals surface area contributed by atoms with E-state index < -0.39 is 43.9 Å². The zero-order chi connectivity index (χ0) is 18.6. The lowest BCUT2D eigenvalue weighted by Gasteiger charge is -2.14. The summed E-state index contributed by atoms with van der Waals surface area (Å²) in [5.74, 6) is -2.58. The Balaban J connectivity index is 2.29. The van der Waals surface area contributed by atoms with Gasteiger partial charge in [-0.05, 0) is 35.4 Å². The van der Waals surface area contributed by atoms with Gasteiger partial charge in [-0.15, -0.1) is 0 Å². The maximum absolute atomic E-state index is 14.3. The molecule has 0 atom stereocenters. The summed E-state index contributed by atoms with van der Waals surface area (Å²) in [6.45, 7) is -0.0222. The molecule has 0 aromatic heterocycles. The molecule has 2 aromatic carbocycles. The van der Waals surface area contributed by atoms with Crippen molar-refractivity contribution in [3.05, 3.63) is 52.6 Å². The van der Waals surface area contributed by atoms with Gasteiger partial charge in [0.05, 0.1) is 12.1 Å². The molecule has 0 saturated carbocycles. The van der Waals surface area contributed by atoms with E-state index in [4.69, 9.17) is 5.14 Å². The number of halogens is 5. The molecule has 4 nitrogen and oxygen atoms in total. The van der Waals surface area contributed by atoms with Crippen LogP contribution in [-0.2, 0) is 22.7 Å². The largest absolute Gasteiger partial charge is 0.416 e. The zero-order valence-corrected chi connectivity index (χ0v) is 13.0. The summed E-state index contributed by atoms with van der Waals surface area (Å²) < 4.78 is 89.9. The molecule has 0 saturated heterocycles. The Hall–Kier alpha value is -2.33. The topological polar surface area (TPSA) is 72.5 Å². The molecule has 10 heteroatoms. The molecule has 0 bridgehead atoms. The second-order valence-corrected chi connectivity index (χ2v) is 6.90. The van der Waals surface area contributed by atoms with E-state index in [0.717, 1.165) is 6.07 Å². The van der Waals surface area contributed by atoms with Crippen LogP contribution in [0.1, 0.15) is 16.7 Å². The normalized spacial score (nSPS) is 14.0. The third kappa shape index (κ3) is 3.14. The van der Waals surface area contributed by atoms with Gasteiger partial charge in [-0.1, -0.05) is 0 Å². The van der Waals surface area contributed by atoms with Crippen LogP contribution < -0.4 is 5.14 Å². The summed E-state index contributed by atoms with van der Waals surface area (Å²) in [5, 5.41) is 4.78. The number of alkyl halides is 3. The van der Waals surface area contributed by atoms with Gasteiger partial charge >= 0.3 is 6.18 Å². The molecule has 132 valence electrons. The molecule has 0 fully saturated rings. The number of rotatable bonds is 2. The lowest BCUT2D eigenvalue weighted by Crippen LogP contribution is -2.15. The van der Waals surface area contributed by atoms with E-state index in [1.807, 2.05) is 0 Å². The molecule has 0 aliphatic carbocycles. The Morgan fingerprint density at radius 1 is 1.00 bits per heavy atom. The number of fused-ring (bicyclic) bond motifs is 1. The highest BCUT2D eigenvalue weighted by Gasteiger charge is 2.33. The van der Waals surface area contributed by atoms with Crippen molar-refractivity contribution in [1.82, 2.24) is 0 Å². The van der Waals surface area contributed by atoms with Gasteiger partial charge in [0.2, 0.25) is 10.0 Å². The molecule has 0 unspecified atom stereocenters. The minimum atomic E-state index is -4.69. The van der Waals surface area contributed by atoms with E-state index in [0.29, 0.717) is 18.2 Å². The van der Waals surface area contributed by atoms with Crippen LogP contribution in [0.25, 0.3) is 11.1 Å². The number of nitrogens with two attached hydrogens (primary N) is 1. The minimum absolute atomic E-state index is 0.0222. The van der Waals surface area contributed by atoms with Gasteiger partial charge in [0.25, 0.3) is 0 Å². The Labute approximate surface area is 138 Å². The average Bonchev–Trinajstić information content (AvgIpc) is 2.94. The van der Waals surface area contributed by atoms with Crippen LogP contribution in [0.3, 0.4) is 0 Å². The lowest BCUT2D eigenvalue weighted by molar-refractivity contribution is -0.137. The van der Waals surface area contributed by atoms with Crippen molar-refractivity contribution in [1.29, 1.82) is 0 Å². The number of nitrogens with zero attached hydrogens (tertiary/aromatic N) is 1. The Morgan fingerprint density at radius 3 is 2.28 bits per heavy atom. The molecule has 3 rings (SSSR count). The van der Waals surface area contributed by atoms with Crippen LogP contribution in [0.4, 0.5) is 22.0 Å². The molecule has 0 amide bonds. The molecule has 2 N–H and O–H groups in total. The molecule has 2 aromatic rings. The fourth-order valence-electron chi connectivity index (χ4n) is 2.57. The molecular formula is C15H9F5N2O2S. The smallest absolute Gasteiger partial charge is 0.288 e. The number of benzene rings is 2. The van der Waals surface area contributed by atoms with E-state index in [1.165, 1.54) is 6.21 Å². The maximum atomic E-state index is 14.3. The number of primary sulfonamides is 1. The third-order valence-corrected chi connectivity index (χ3v) is 4.62. The number of sulfonamides is 1. The summed E-state index contributed by atoms with van der Waals surface area (Å²) in [6, 6.07) is 2.42. The Kier molecular flexibility index (Phi) is 3.92. The third-order valence-electron chi connectivity index (χ3n) is 3.69. The van der Waals surface area contributed by atoms with Crippen molar-refractivity contribution in [2.75, 3.05) is 0 Å². The highest BCUT2D eigenvalue weighted by Crippen LogP contribution is 2.38.